The minimum absolute atomic E-state index is 0.189. The average Bonchev–Trinajstić information content (AvgIpc) is 2.81. The second-order valence-electron chi connectivity index (χ2n) is 8.28. The molecule has 1 atom stereocenters. The first-order valence-corrected chi connectivity index (χ1v) is 11.5. The van der Waals surface area contributed by atoms with Crippen LogP contribution in [0.2, 0.25) is 0 Å². The van der Waals surface area contributed by atoms with Gasteiger partial charge in [-0.15, -0.1) is 0 Å². The third-order valence-corrected chi connectivity index (χ3v) is 5.96. The Kier molecular flexibility index (Phi) is 9.38. The van der Waals surface area contributed by atoms with Gasteiger partial charge in [-0.05, 0) is 60.9 Å². The zero-order valence-electron chi connectivity index (χ0n) is 18.6. The van der Waals surface area contributed by atoms with E-state index in [-0.39, 0.29) is 12.6 Å². The number of carboxylic acids is 1. The molecule has 1 N–H and O–H groups in total. The molecule has 5 nitrogen and oxygen atoms in total. The second-order valence-corrected chi connectivity index (χ2v) is 8.28. The maximum Gasteiger partial charge on any atom is 0.303 e. The van der Waals surface area contributed by atoms with Gasteiger partial charge in [-0.1, -0.05) is 49.2 Å². The lowest BCUT2D eigenvalue weighted by Crippen LogP contribution is -2.41. The monoisotopic (exact) mass is 425 g/mol. The van der Waals surface area contributed by atoms with Gasteiger partial charge >= 0.3 is 5.97 Å². The highest BCUT2D eigenvalue weighted by molar-refractivity contribution is 5.66. The number of ether oxygens (including phenoxy) is 2. The summed E-state index contributed by atoms with van der Waals surface area (Å²) in [5, 5.41) is 8.72. The van der Waals surface area contributed by atoms with E-state index in [1.165, 1.54) is 29.5 Å². The van der Waals surface area contributed by atoms with E-state index in [2.05, 4.69) is 41.3 Å². The molecule has 1 fully saturated rings. The maximum absolute atomic E-state index is 10.6. The summed E-state index contributed by atoms with van der Waals surface area (Å²) in [5.41, 5.74) is 3.56. The fourth-order valence-corrected chi connectivity index (χ4v) is 4.12. The van der Waals surface area contributed by atoms with Gasteiger partial charge in [0.1, 0.15) is 12.0 Å². The number of carboxylic acid groups (broad SMARTS) is 1. The van der Waals surface area contributed by atoms with E-state index in [9.17, 15) is 4.79 Å². The van der Waals surface area contributed by atoms with Crippen LogP contribution >= 0.6 is 0 Å². The van der Waals surface area contributed by atoms with Crippen LogP contribution in [0.5, 0.6) is 5.75 Å². The van der Waals surface area contributed by atoms with E-state index < -0.39 is 5.97 Å². The number of unbranched alkanes of at least 4 members (excludes halogenated alkanes) is 3. The lowest BCUT2D eigenvalue weighted by atomic mass is 10.0. The Labute approximate surface area is 186 Å². The molecule has 0 spiro atoms. The minimum Gasteiger partial charge on any atom is -0.497 e. The van der Waals surface area contributed by atoms with E-state index in [0.717, 1.165) is 50.9 Å². The average molecular weight is 426 g/mol. The van der Waals surface area contributed by atoms with Crippen molar-refractivity contribution in [2.45, 2.75) is 64.2 Å². The first-order valence-electron chi connectivity index (χ1n) is 11.5. The van der Waals surface area contributed by atoms with Crippen LogP contribution in [0.3, 0.4) is 0 Å². The van der Waals surface area contributed by atoms with Gasteiger partial charge in [0.15, 0.2) is 0 Å². The summed E-state index contributed by atoms with van der Waals surface area (Å²) in [4.78, 5) is 13.1. The molecule has 2 aromatic carbocycles. The van der Waals surface area contributed by atoms with E-state index in [4.69, 9.17) is 14.6 Å². The summed E-state index contributed by atoms with van der Waals surface area (Å²) in [7, 11) is 1.68. The van der Waals surface area contributed by atoms with Crippen LogP contribution in [-0.2, 0) is 16.1 Å². The number of hydrogen-bond donors (Lipinski definition) is 1. The molecule has 1 heterocycles. The lowest BCUT2D eigenvalue weighted by Gasteiger charge is -2.35. The summed E-state index contributed by atoms with van der Waals surface area (Å²) in [6.07, 6.45) is 7.98. The third-order valence-electron chi connectivity index (χ3n) is 5.96. The number of benzene rings is 2. The third kappa shape index (κ3) is 7.67. The quantitative estimate of drug-likeness (QED) is 0.440. The molecule has 0 saturated carbocycles. The minimum atomic E-state index is -0.693. The smallest absolute Gasteiger partial charge is 0.303 e. The van der Waals surface area contributed by atoms with E-state index in [1.807, 2.05) is 12.1 Å². The summed E-state index contributed by atoms with van der Waals surface area (Å²) < 4.78 is 11.5. The van der Waals surface area contributed by atoms with Crippen LogP contribution in [0.4, 0.5) is 0 Å². The van der Waals surface area contributed by atoms with Gasteiger partial charge < -0.3 is 14.6 Å². The highest BCUT2D eigenvalue weighted by Crippen LogP contribution is 2.24. The molecular formula is C26H35NO4. The van der Waals surface area contributed by atoms with Crippen molar-refractivity contribution in [3.05, 3.63) is 54.1 Å². The summed E-state index contributed by atoms with van der Waals surface area (Å²) in [6.45, 7) is 2.76. The fraction of sp³-hybridized carbons (Fsp3) is 0.500. The molecule has 0 bridgehead atoms. The Morgan fingerprint density at radius 2 is 1.65 bits per heavy atom. The van der Waals surface area contributed by atoms with Gasteiger partial charge in [0.05, 0.1) is 13.7 Å². The number of carbonyl (C=O) groups is 1. The van der Waals surface area contributed by atoms with Crippen molar-refractivity contribution in [3.63, 3.8) is 0 Å². The molecule has 5 heteroatoms. The zero-order valence-corrected chi connectivity index (χ0v) is 18.6. The van der Waals surface area contributed by atoms with Gasteiger partial charge in [-0.25, -0.2) is 0 Å². The fourth-order valence-electron chi connectivity index (χ4n) is 4.12. The van der Waals surface area contributed by atoms with Crippen molar-refractivity contribution >= 4 is 5.97 Å². The van der Waals surface area contributed by atoms with Crippen LogP contribution in [0, 0.1) is 0 Å². The topological polar surface area (TPSA) is 59.0 Å². The van der Waals surface area contributed by atoms with Gasteiger partial charge in [0.2, 0.25) is 0 Å². The number of aliphatic carboxylic acids is 1. The van der Waals surface area contributed by atoms with E-state index in [0.29, 0.717) is 6.61 Å². The maximum atomic E-state index is 10.6. The molecule has 0 aromatic heterocycles. The molecule has 0 radical (unpaired) electrons. The molecule has 0 amide bonds. The lowest BCUT2D eigenvalue weighted by molar-refractivity contribution is -0.137. The van der Waals surface area contributed by atoms with Crippen LogP contribution in [0.1, 0.15) is 56.9 Å². The predicted octanol–water partition coefficient (Wildman–Crippen LogP) is 5.73. The van der Waals surface area contributed by atoms with Gasteiger partial charge in [-0.3, -0.25) is 9.69 Å². The van der Waals surface area contributed by atoms with Crippen LogP contribution in [-0.4, -0.2) is 42.4 Å². The molecule has 3 rings (SSSR count). The Hall–Kier alpha value is -2.37. The van der Waals surface area contributed by atoms with Gasteiger partial charge in [0, 0.05) is 19.5 Å². The van der Waals surface area contributed by atoms with Crippen LogP contribution in [0.15, 0.2) is 48.5 Å². The Morgan fingerprint density at radius 1 is 0.968 bits per heavy atom. The van der Waals surface area contributed by atoms with Gasteiger partial charge in [-0.2, -0.15) is 0 Å². The summed E-state index contributed by atoms with van der Waals surface area (Å²) in [6, 6.07) is 16.7. The zero-order chi connectivity index (χ0) is 21.9. The van der Waals surface area contributed by atoms with Crippen molar-refractivity contribution < 1.29 is 19.4 Å². The van der Waals surface area contributed by atoms with Crippen LogP contribution in [0.25, 0.3) is 11.1 Å². The van der Waals surface area contributed by atoms with Crippen molar-refractivity contribution in [1.29, 1.82) is 0 Å². The number of rotatable bonds is 12. The first-order chi connectivity index (χ1) is 15.2. The molecule has 31 heavy (non-hydrogen) atoms. The van der Waals surface area contributed by atoms with Crippen molar-refractivity contribution in [2.75, 3.05) is 20.2 Å². The van der Waals surface area contributed by atoms with Crippen LogP contribution < -0.4 is 4.74 Å². The SMILES string of the molecule is COc1ccc(-c2ccc(COC3CCCCN3CCCCCCC(=O)O)cc2)cc1. The summed E-state index contributed by atoms with van der Waals surface area (Å²) >= 11 is 0. The van der Waals surface area contributed by atoms with Crippen molar-refractivity contribution in [3.8, 4) is 16.9 Å². The van der Waals surface area contributed by atoms with Crippen molar-refractivity contribution in [2.24, 2.45) is 0 Å². The molecule has 2 aromatic rings. The highest BCUT2D eigenvalue weighted by Gasteiger charge is 2.22. The number of nitrogens with zero attached hydrogens (tertiary/aromatic N) is 1. The largest absolute Gasteiger partial charge is 0.497 e. The number of hydrogen-bond acceptors (Lipinski definition) is 4. The standard InChI is InChI=1S/C26H35NO4/c1-30-24-16-14-23(15-17-24)22-12-10-21(11-13-22)20-31-25-8-5-7-19-27(25)18-6-3-2-4-9-26(28)29/h10-17,25H,2-9,18-20H2,1H3,(H,28,29). The highest BCUT2D eigenvalue weighted by atomic mass is 16.5. The molecule has 1 aliphatic rings. The summed E-state index contributed by atoms with van der Waals surface area (Å²) in [5.74, 6) is 0.174. The number of piperidine rings is 1. The first kappa shape index (κ1) is 23.3. The molecule has 0 aliphatic carbocycles. The predicted molar refractivity (Wildman–Crippen MR) is 123 cm³/mol. The number of methoxy groups -OCH3 is 1. The Morgan fingerprint density at radius 3 is 2.32 bits per heavy atom. The molecule has 1 unspecified atom stereocenters. The number of likely N-dealkylation sites (tertiary alicyclic amines) is 1. The Bertz CT molecular complexity index is 788. The molecule has 168 valence electrons. The second kappa shape index (κ2) is 12.5. The molecule has 1 saturated heterocycles. The normalized spacial score (nSPS) is 16.9. The molecular weight excluding hydrogens is 390 g/mol. The van der Waals surface area contributed by atoms with Gasteiger partial charge in [0.25, 0.3) is 0 Å². The molecule has 1 aliphatic heterocycles. The van der Waals surface area contributed by atoms with Crippen molar-refractivity contribution in [1.82, 2.24) is 4.90 Å². The van der Waals surface area contributed by atoms with E-state index in [1.54, 1.807) is 7.11 Å². The van der Waals surface area contributed by atoms with E-state index >= 15 is 0 Å². The Balaban J connectivity index is 1.44.